The number of amides is 1. The molecule has 1 unspecified atom stereocenters. The molecule has 2 aromatic carbocycles. The predicted octanol–water partition coefficient (Wildman–Crippen LogP) is 4.50. The summed E-state index contributed by atoms with van der Waals surface area (Å²) in [7, 11) is 1.43. The number of nitrogens with zero attached hydrogens (tertiary/aromatic N) is 2. The van der Waals surface area contributed by atoms with Crippen molar-refractivity contribution in [3.05, 3.63) is 100 Å². The van der Waals surface area contributed by atoms with Crippen LogP contribution in [0.15, 0.2) is 72.4 Å². The van der Waals surface area contributed by atoms with Crippen LogP contribution in [0.1, 0.15) is 22.9 Å². The van der Waals surface area contributed by atoms with Crippen molar-refractivity contribution >= 4 is 29.1 Å². The number of rotatable bonds is 5. The van der Waals surface area contributed by atoms with Gasteiger partial charge in [-0.05, 0) is 48.0 Å². The molecule has 0 aliphatic carbocycles. The fourth-order valence-corrected chi connectivity index (χ4v) is 3.83. The van der Waals surface area contributed by atoms with Gasteiger partial charge in [-0.2, -0.15) is 0 Å². The lowest BCUT2D eigenvalue weighted by molar-refractivity contribution is -0.140. The first-order valence-electron chi connectivity index (χ1n) is 9.68. The first kappa shape index (κ1) is 21.5. The molecule has 162 valence electrons. The molecule has 1 amide bonds. The van der Waals surface area contributed by atoms with E-state index in [1.54, 1.807) is 24.4 Å². The Kier molecular flexibility index (Phi) is 5.92. The number of carbonyl (C=O) groups excluding carboxylic acids is 2. The number of methoxy groups -OCH3 is 1. The maximum Gasteiger partial charge on any atom is 0.296 e. The summed E-state index contributed by atoms with van der Waals surface area (Å²) in [6, 6.07) is 14.4. The molecular weight excluding hydrogens is 435 g/mol. The Morgan fingerprint density at radius 2 is 1.91 bits per heavy atom. The summed E-state index contributed by atoms with van der Waals surface area (Å²) in [5, 5.41) is 11.4. The van der Waals surface area contributed by atoms with Crippen LogP contribution in [0.5, 0.6) is 5.75 Å². The second-order valence-electron chi connectivity index (χ2n) is 7.16. The van der Waals surface area contributed by atoms with Crippen molar-refractivity contribution < 1.29 is 23.8 Å². The molecule has 1 saturated heterocycles. The van der Waals surface area contributed by atoms with E-state index in [4.69, 9.17) is 16.3 Å². The van der Waals surface area contributed by atoms with Gasteiger partial charge in [-0.1, -0.05) is 29.8 Å². The molecule has 4 rings (SSSR count). The predicted molar refractivity (Wildman–Crippen MR) is 116 cm³/mol. The Hall–Kier alpha value is -3.71. The molecule has 0 spiro atoms. The third kappa shape index (κ3) is 3.94. The number of hydrogen-bond acceptors (Lipinski definition) is 5. The van der Waals surface area contributed by atoms with Gasteiger partial charge in [-0.3, -0.25) is 14.6 Å². The summed E-state index contributed by atoms with van der Waals surface area (Å²) in [6.45, 7) is 0.0345. The minimum absolute atomic E-state index is 0.0345. The average Bonchev–Trinajstić information content (AvgIpc) is 3.06. The number of pyridine rings is 1. The molecule has 0 saturated carbocycles. The largest absolute Gasteiger partial charge is 0.507 e. The summed E-state index contributed by atoms with van der Waals surface area (Å²) < 4.78 is 18.5. The maximum absolute atomic E-state index is 13.3. The van der Waals surface area contributed by atoms with E-state index >= 15 is 0 Å². The number of benzene rings is 2. The van der Waals surface area contributed by atoms with Crippen LogP contribution in [0.25, 0.3) is 5.76 Å². The number of aliphatic hydroxyl groups is 1. The number of ether oxygens (including phenoxy) is 1. The van der Waals surface area contributed by atoms with Crippen LogP contribution < -0.4 is 4.74 Å². The van der Waals surface area contributed by atoms with Crippen LogP contribution in [0.3, 0.4) is 0 Å². The van der Waals surface area contributed by atoms with Crippen LogP contribution in [-0.2, 0) is 16.1 Å². The molecule has 8 heteroatoms. The molecule has 0 radical (unpaired) electrons. The fourth-order valence-electron chi connectivity index (χ4n) is 3.64. The standard InChI is InChI=1S/C24H18ClFN2O4/c1-32-19-12-15(7-10-17(19)25)22(29)20-21(18-4-2-3-11-27-18)28(24(31)23(20)30)13-14-5-8-16(26)9-6-14/h2-12,21,29H,13H2,1H3/b22-20-. The van der Waals surface area contributed by atoms with E-state index in [2.05, 4.69) is 4.98 Å². The van der Waals surface area contributed by atoms with Crippen LogP contribution >= 0.6 is 11.6 Å². The van der Waals surface area contributed by atoms with Crippen LogP contribution in [0.4, 0.5) is 4.39 Å². The van der Waals surface area contributed by atoms with E-state index in [1.165, 1.54) is 54.5 Å². The molecule has 3 aromatic rings. The highest BCUT2D eigenvalue weighted by atomic mass is 35.5. The lowest BCUT2D eigenvalue weighted by Gasteiger charge is -2.24. The van der Waals surface area contributed by atoms with E-state index in [0.29, 0.717) is 22.0 Å². The summed E-state index contributed by atoms with van der Waals surface area (Å²) in [6.07, 6.45) is 1.54. The molecule has 1 atom stereocenters. The SMILES string of the molecule is COc1cc(/C(O)=C2/C(=O)C(=O)N(Cc3ccc(F)cc3)C2c2ccccn2)ccc1Cl. The van der Waals surface area contributed by atoms with Crippen LogP contribution in [-0.4, -0.2) is 33.8 Å². The fraction of sp³-hybridized carbons (Fsp3) is 0.125. The van der Waals surface area contributed by atoms with Gasteiger partial charge in [-0.15, -0.1) is 0 Å². The highest BCUT2D eigenvalue weighted by Crippen LogP contribution is 2.40. The zero-order valence-electron chi connectivity index (χ0n) is 17.0. The average molecular weight is 453 g/mol. The molecule has 1 fully saturated rings. The summed E-state index contributed by atoms with van der Waals surface area (Å²) >= 11 is 6.07. The van der Waals surface area contributed by atoms with Gasteiger partial charge in [0, 0.05) is 18.3 Å². The molecule has 0 bridgehead atoms. The van der Waals surface area contributed by atoms with E-state index in [0.717, 1.165) is 0 Å². The highest BCUT2D eigenvalue weighted by Gasteiger charge is 2.46. The Morgan fingerprint density at radius 1 is 1.16 bits per heavy atom. The van der Waals surface area contributed by atoms with E-state index in [1.807, 2.05) is 0 Å². The first-order chi connectivity index (χ1) is 15.4. The summed E-state index contributed by atoms with van der Waals surface area (Å²) in [4.78, 5) is 31.6. The van der Waals surface area contributed by atoms with Crippen LogP contribution in [0, 0.1) is 5.82 Å². The number of halogens is 2. The first-order valence-corrected chi connectivity index (χ1v) is 10.1. The Labute approximate surface area is 188 Å². The van der Waals surface area contributed by atoms with Crippen molar-refractivity contribution in [1.29, 1.82) is 0 Å². The van der Waals surface area contributed by atoms with Crippen molar-refractivity contribution in [2.75, 3.05) is 7.11 Å². The maximum atomic E-state index is 13.3. The van der Waals surface area contributed by atoms with Gasteiger partial charge in [0.1, 0.15) is 23.4 Å². The van der Waals surface area contributed by atoms with Gasteiger partial charge in [-0.25, -0.2) is 4.39 Å². The number of likely N-dealkylation sites (tertiary alicyclic amines) is 1. The normalized spacial score (nSPS) is 17.6. The number of Topliss-reactive ketones (excluding diaryl/α,β-unsaturated/α-hetero) is 1. The molecule has 1 aliphatic heterocycles. The molecular formula is C24H18ClFN2O4. The van der Waals surface area contributed by atoms with Crippen molar-refractivity contribution in [3.63, 3.8) is 0 Å². The number of ketones is 1. The molecule has 6 nitrogen and oxygen atoms in total. The van der Waals surface area contributed by atoms with Crippen molar-refractivity contribution in [2.24, 2.45) is 0 Å². The van der Waals surface area contributed by atoms with Crippen molar-refractivity contribution in [1.82, 2.24) is 9.88 Å². The van der Waals surface area contributed by atoms with Crippen molar-refractivity contribution in [2.45, 2.75) is 12.6 Å². The molecule has 1 aromatic heterocycles. The molecule has 32 heavy (non-hydrogen) atoms. The minimum atomic E-state index is -0.928. The van der Waals surface area contributed by atoms with Gasteiger partial charge in [0.25, 0.3) is 11.7 Å². The summed E-state index contributed by atoms with van der Waals surface area (Å²) in [5.41, 5.74) is 1.21. The lowest BCUT2D eigenvalue weighted by atomic mass is 9.98. The Morgan fingerprint density at radius 3 is 2.56 bits per heavy atom. The van der Waals surface area contributed by atoms with Gasteiger partial charge in [0.15, 0.2) is 0 Å². The smallest absolute Gasteiger partial charge is 0.296 e. The minimum Gasteiger partial charge on any atom is -0.507 e. The van der Waals surface area contributed by atoms with E-state index in [-0.39, 0.29) is 23.4 Å². The monoisotopic (exact) mass is 452 g/mol. The molecule has 1 aliphatic rings. The Bertz CT molecular complexity index is 1210. The number of aliphatic hydroxyl groups excluding tert-OH is 1. The zero-order valence-corrected chi connectivity index (χ0v) is 17.7. The number of hydrogen-bond donors (Lipinski definition) is 1. The van der Waals surface area contributed by atoms with Gasteiger partial charge in [0.2, 0.25) is 0 Å². The topological polar surface area (TPSA) is 79.7 Å². The van der Waals surface area contributed by atoms with E-state index < -0.39 is 23.5 Å². The summed E-state index contributed by atoms with van der Waals surface area (Å²) in [5.74, 6) is -2.09. The third-order valence-electron chi connectivity index (χ3n) is 5.20. The lowest BCUT2D eigenvalue weighted by Crippen LogP contribution is -2.29. The van der Waals surface area contributed by atoms with Gasteiger partial charge in [0.05, 0.1) is 23.4 Å². The van der Waals surface area contributed by atoms with Crippen LogP contribution in [0.2, 0.25) is 5.02 Å². The zero-order chi connectivity index (χ0) is 22.8. The van der Waals surface area contributed by atoms with Crippen molar-refractivity contribution in [3.8, 4) is 5.75 Å². The third-order valence-corrected chi connectivity index (χ3v) is 5.51. The quantitative estimate of drug-likeness (QED) is 0.350. The molecule has 2 heterocycles. The second-order valence-corrected chi connectivity index (χ2v) is 7.56. The van der Waals surface area contributed by atoms with Gasteiger partial charge >= 0.3 is 0 Å². The second kappa shape index (κ2) is 8.80. The highest BCUT2D eigenvalue weighted by molar-refractivity contribution is 6.46. The molecule has 1 N–H and O–H groups in total. The van der Waals surface area contributed by atoms with Gasteiger partial charge < -0.3 is 14.7 Å². The Balaban J connectivity index is 1.85. The van der Waals surface area contributed by atoms with E-state index in [9.17, 15) is 19.1 Å². The number of carbonyl (C=O) groups is 2. The number of aromatic nitrogens is 1.